The summed E-state index contributed by atoms with van der Waals surface area (Å²) in [4.78, 5) is 56.1. The standard InChI is InChI=1S/C24H19S2.C17H17NO5S.C13H9NO5S.CH4.F6P/c1-4-10-20(11-5-1)25-21-16-18-24(19-17-21)26(22-12-6-2-7-13-22)23-14-8-3-9-15-23;1-3-4-6-11-9-10-14-15-12(11)7-5-8-13(15)16(19)18(17(14)20)23-24(2,21)22;1-20(17,18)19-14-12(15)9-6-2-4-8-5-3-7-10(11(8)9)13(14)16;;1-7(2,3,4,5)6/h1-19H;5,7-10H,3-4,6H2,1-2H3;2-7H,1H3;1H4;/q+1;;;;-1. The van der Waals surface area contributed by atoms with E-state index < -0.39 is 51.7 Å². The fourth-order valence-electron chi connectivity index (χ4n) is 7.92. The van der Waals surface area contributed by atoms with Crippen molar-refractivity contribution in [1.82, 2.24) is 10.1 Å². The molecule has 4 amide bonds. The summed E-state index contributed by atoms with van der Waals surface area (Å²) in [6, 6.07) is 59.7. The monoisotopic (exact) mass is 1170 g/mol. The molecule has 10 rings (SSSR count). The molecule has 23 heteroatoms. The maximum Gasteiger partial charge on any atom is 0.166 e. The molecule has 410 valence electrons. The maximum absolute atomic E-state index is 12.5. The Kier molecular flexibility index (Phi) is 18.2. The second-order valence-electron chi connectivity index (χ2n) is 17.0. The van der Waals surface area contributed by atoms with Gasteiger partial charge < -0.3 is 0 Å². The van der Waals surface area contributed by atoms with Crippen LogP contribution in [0.15, 0.2) is 206 Å². The molecule has 2 aliphatic heterocycles. The van der Waals surface area contributed by atoms with E-state index in [1.807, 2.05) is 12.1 Å². The molecule has 0 unspecified atom stereocenters. The zero-order chi connectivity index (χ0) is 56.0. The topological polar surface area (TPSA) is 161 Å². The molecule has 0 bridgehead atoms. The molecule has 8 aromatic rings. The summed E-state index contributed by atoms with van der Waals surface area (Å²) in [5, 5.41) is 3.26. The number of hydroxylamine groups is 4. The van der Waals surface area contributed by atoms with Crippen LogP contribution in [0, 0.1) is 0 Å². The van der Waals surface area contributed by atoms with E-state index in [1.54, 1.807) is 54.2 Å². The molecule has 78 heavy (non-hydrogen) atoms. The van der Waals surface area contributed by atoms with E-state index in [0.717, 1.165) is 48.1 Å². The number of benzene rings is 8. The molecule has 2 heterocycles. The van der Waals surface area contributed by atoms with Crippen LogP contribution in [-0.4, -0.2) is 63.1 Å². The van der Waals surface area contributed by atoms with Gasteiger partial charge in [-0.15, -0.1) is 18.7 Å². The van der Waals surface area contributed by atoms with E-state index in [0.29, 0.717) is 15.8 Å². The Balaban J connectivity index is 0.000000178. The van der Waals surface area contributed by atoms with Gasteiger partial charge in [-0.3, -0.25) is 19.2 Å². The van der Waals surface area contributed by atoms with Crippen LogP contribution >= 0.6 is 19.6 Å². The van der Waals surface area contributed by atoms with Gasteiger partial charge in [-0.2, -0.15) is 16.8 Å². The molecule has 0 atom stereocenters. The molecule has 0 saturated carbocycles. The van der Waals surface area contributed by atoms with Gasteiger partial charge in [0, 0.05) is 20.6 Å². The smallest absolute Gasteiger partial charge is 0.0901 e. The first-order chi connectivity index (χ1) is 36.1. The van der Waals surface area contributed by atoms with Crippen molar-refractivity contribution in [1.29, 1.82) is 0 Å². The minimum Gasteiger partial charge on any atom is -0.0901 e. The number of aryl methyl sites for hydroxylation is 1. The van der Waals surface area contributed by atoms with E-state index >= 15 is 0 Å². The number of halogens is 6. The number of rotatable bonds is 12. The Bertz CT molecular complexity index is 3630. The normalized spacial score (nSPS) is 14.0. The van der Waals surface area contributed by atoms with Gasteiger partial charge in [-0.25, -0.2) is 0 Å². The Morgan fingerprint density at radius 1 is 0.474 bits per heavy atom. The summed E-state index contributed by atoms with van der Waals surface area (Å²) < 4.78 is 113. The van der Waals surface area contributed by atoms with Crippen molar-refractivity contribution < 1.29 is 69.8 Å². The van der Waals surface area contributed by atoms with Crippen LogP contribution in [0.1, 0.15) is 74.2 Å². The van der Waals surface area contributed by atoms with Gasteiger partial charge in [-0.1, -0.05) is 130 Å². The Morgan fingerprint density at radius 2 is 0.846 bits per heavy atom. The second-order valence-corrected chi connectivity index (χ2v) is 25.2. The predicted octanol–water partition coefficient (Wildman–Crippen LogP) is 14.9. The quantitative estimate of drug-likeness (QED) is 0.0495. The van der Waals surface area contributed by atoms with E-state index in [9.17, 15) is 61.2 Å². The van der Waals surface area contributed by atoms with Gasteiger partial charge in [0.05, 0.1) is 45.7 Å². The summed E-state index contributed by atoms with van der Waals surface area (Å²) in [6.45, 7) is 2.10. The molecule has 0 N–H and O–H groups in total. The van der Waals surface area contributed by atoms with Gasteiger partial charge in [-0.05, 0) is 114 Å². The van der Waals surface area contributed by atoms with Crippen molar-refractivity contribution in [3.63, 3.8) is 0 Å². The molecule has 2 aliphatic rings. The predicted molar refractivity (Wildman–Crippen MR) is 292 cm³/mol. The van der Waals surface area contributed by atoms with Gasteiger partial charge >= 0.3 is 33.0 Å². The third kappa shape index (κ3) is 16.3. The zero-order valence-corrected chi connectivity index (χ0v) is 44.9. The maximum atomic E-state index is 12.5. The molecule has 0 aliphatic carbocycles. The van der Waals surface area contributed by atoms with Crippen LogP contribution in [0.3, 0.4) is 0 Å². The van der Waals surface area contributed by atoms with Crippen molar-refractivity contribution in [2.75, 3.05) is 12.5 Å². The van der Waals surface area contributed by atoms with Crippen LogP contribution in [0.2, 0.25) is 0 Å². The summed E-state index contributed by atoms with van der Waals surface area (Å²) in [6.07, 6.45) is 4.45. The molecule has 0 fully saturated rings. The minimum atomic E-state index is -10.7. The number of hydrogen-bond acceptors (Lipinski definition) is 11. The van der Waals surface area contributed by atoms with E-state index in [2.05, 4.69) is 131 Å². The van der Waals surface area contributed by atoms with Crippen LogP contribution < -0.4 is 0 Å². The zero-order valence-electron chi connectivity index (χ0n) is 40.8. The van der Waals surface area contributed by atoms with Crippen molar-refractivity contribution in [2.45, 2.75) is 58.1 Å². The number of hydrogen-bond donors (Lipinski definition) is 0. The molecule has 0 saturated heterocycles. The van der Waals surface area contributed by atoms with Crippen molar-refractivity contribution in [3.8, 4) is 0 Å². The van der Waals surface area contributed by atoms with E-state index in [1.165, 1.54) is 36.6 Å². The summed E-state index contributed by atoms with van der Waals surface area (Å²) in [7, 11) is -18.7. The van der Waals surface area contributed by atoms with Crippen LogP contribution in [0.4, 0.5) is 25.2 Å². The Labute approximate surface area is 453 Å². The average molecular weight is 1170 g/mol. The third-order valence-electron chi connectivity index (χ3n) is 10.9. The summed E-state index contributed by atoms with van der Waals surface area (Å²) >= 11 is 1.80. The van der Waals surface area contributed by atoms with Crippen LogP contribution in [0.25, 0.3) is 21.5 Å². The van der Waals surface area contributed by atoms with Gasteiger partial charge in [0.2, 0.25) is 0 Å². The molecular formula is C55H49F6N2O10PS4. The van der Waals surface area contributed by atoms with Crippen molar-refractivity contribution >= 4 is 95.9 Å². The second kappa shape index (κ2) is 23.6. The average Bonchev–Trinajstić information content (AvgIpc) is 3.52. The van der Waals surface area contributed by atoms with E-state index in [4.69, 9.17) is 0 Å². The number of nitrogens with zero attached hydrogens (tertiary/aromatic N) is 2. The largest absolute Gasteiger partial charge is 0.166 e. The number of amides is 4. The molecule has 0 aromatic heterocycles. The number of carbonyl (C=O) groups is 4. The van der Waals surface area contributed by atoms with Crippen LogP contribution in [0.5, 0.6) is 0 Å². The fourth-order valence-corrected chi connectivity index (χ4v) is 11.7. The molecule has 12 nitrogen and oxygen atoms in total. The summed E-state index contributed by atoms with van der Waals surface area (Å²) in [5.41, 5.74) is 2.08. The SMILES string of the molecule is C.CCCCc1ccc2c3c(cccc13)C(=O)N(OS(C)(=O)=O)C2=O.CS(=O)(=O)ON1C(=O)c2cccc3cccc(c23)C1=O.F[P-](F)(F)(F)(F)F.c1ccc(Sc2ccc([S+](c3ccccc3)c3ccccc3)cc2)cc1. The van der Waals surface area contributed by atoms with Gasteiger partial charge in [0.15, 0.2) is 14.7 Å². The van der Waals surface area contributed by atoms with E-state index in [-0.39, 0.29) is 45.6 Å². The minimum absolute atomic E-state index is 0. The molecule has 0 spiro atoms. The first kappa shape index (κ1) is 60.3. The first-order valence-electron chi connectivity index (χ1n) is 22.9. The van der Waals surface area contributed by atoms with Gasteiger partial charge in [0.1, 0.15) is 0 Å². The Morgan fingerprint density at radius 3 is 1.27 bits per heavy atom. The van der Waals surface area contributed by atoms with Crippen molar-refractivity contribution in [3.05, 3.63) is 210 Å². The van der Waals surface area contributed by atoms with Crippen LogP contribution in [-0.2, 0) is 46.1 Å². The fraction of sp³-hybridized carbons (Fsp3) is 0.127. The third-order valence-corrected chi connectivity index (χ3v) is 15.0. The molecular weight excluding hydrogens is 1120 g/mol. The number of carbonyl (C=O) groups excluding carboxylic acids is 4. The molecule has 8 aromatic carbocycles. The first-order valence-corrected chi connectivity index (χ1v) is 30.6. The molecule has 0 radical (unpaired) electrons. The van der Waals surface area contributed by atoms with Gasteiger partial charge in [0.25, 0.3) is 43.9 Å². The number of unbranched alkanes of at least 4 members (excludes halogenated alkanes) is 1. The Hall–Kier alpha value is -6.91. The summed E-state index contributed by atoms with van der Waals surface area (Å²) in [5.74, 6) is -3.11. The number of imide groups is 2. The van der Waals surface area contributed by atoms with Crippen molar-refractivity contribution in [2.24, 2.45) is 0 Å².